The number of rotatable bonds is 4. The average molecular weight is 352 g/mol. The predicted molar refractivity (Wildman–Crippen MR) is 81.4 cm³/mol. The number of halogens is 1. The Bertz CT molecular complexity index is 688. The van der Waals surface area contributed by atoms with Gasteiger partial charge < -0.3 is 0 Å². The maximum Gasteiger partial charge on any atom is 0.270 e. The molecule has 2 aromatic rings. The topological polar surface area (TPSA) is 60.2 Å². The summed E-state index contributed by atoms with van der Waals surface area (Å²) in [6.45, 7) is 1.41. The fourth-order valence-electron chi connectivity index (χ4n) is 1.65. The first-order valence-corrected chi connectivity index (χ1v) is 7.31. The number of Topliss-reactive ketones (excluding diaryl/α,β-unsaturated/α-hetero) is 1. The van der Waals surface area contributed by atoms with Crippen LogP contribution in [-0.2, 0) is 0 Å². The molecule has 0 aromatic heterocycles. The van der Waals surface area contributed by atoms with Gasteiger partial charge >= 0.3 is 0 Å². The maximum absolute atomic E-state index is 11.7. The van der Waals surface area contributed by atoms with Gasteiger partial charge in [0.2, 0.25) is 0 Å². The summed E-state index contributed by atoms with van der Waals surface area (Å²) in [5, 5.41) is 10.8. The Morgan fingerprint density at radius 3 is 2.60 bits per heavy atom. The summed E-state index contributed by atoms with van der Waals surface area (Å²) in [7, 11) is 0. The minimum Gasteiger partial charge on any atom is -0.294 e. The van der Waals surface area contributed by atoms with Crippen molar-refractivity contribution in [1.29, 1.82) is 0 Å². The number of nitro groups is 1. The lowest BCUT2D eigenvalue weighted by atomic mass is 10.1. The summed E-state index contributed by atoms with van der Waals surface area (Å²) in [6, 6.07) is 12.0. The third kappa shape index (κ3) is 3.46. The Balaban J connectivity index is 2.41. The summed E-state index contributed by atoms with van der Waals surface area (Å²) in [5.41, 5.74) is 0.290. The molecular formula is C14H10BrNO3S. The lowest BCUT2D eigenvalue weighted by molar-refractivity contribution is -0.384. The SMILES string of the molecule is CC(=O)c1cc([N+](=O)[O-])ccc1Sc1cccc(Br)c1. The van der Waals surface area contributed by atoms with Crippen LogP contribution in [0.2, 0.25) is 0 Å². The van der Waals surface area contributed by atoms with Gasteiger partial charge in [-0.25, -0.2) is 0 Å². The number of hydrogen-bond acceptors (Lipinski definition) is 4. The first-order chi connectivity index (χ1) is 9.47. The van der Waals surface area contributed by atoms with Crippen LogP contribution < -0.4 is 0 Å². The van der Waals surface area contributed by atoms with Crippen LogP contribution in [0.15, 0.2) is 56.7 Å². The Kier molecular flexibility index (Phi) is 4.57. The van der Waals surface area contributed by atoms with Crippen molar-refractivity contribution in [1.82, 2.24) is 0 Å². The fourth-order valence-corrected chi connectivity index (χ4v) is 3.24. The predicted octanol–water partition coefficient (Wildman–Crippen LogP) is 4.71. The first-order valence-electron chi connectivity index (χ1n) is 5.70. The summed E-state index contributed by atoms with van der Waals surface area (Å²) < 4.78 is 0.939. The van der Waals surface area contributed by atoms with Crippen molar-refractivity contribution in [3.05, 3.63) is 62.6 Å². The third-order valence-electron chi connectivity index (χ3n) is 2.58. The van der Waals surface area contributed by atoms with Gasteiger partial charge in [-0.2, -0.15) is 0 Å². The number of benzene rings is 2. The summed E-state index contributed by atoms with van der Waals surface area (Å²) >= 11 is 4.79. The normalized spacial score (nSPS) is 10.3. The van der Waals surface area contributed by atoms with E-state index in [0.717, 1.165) is 9.37 Å². The van der Waals surface area contributed by atoms with Gasteiger partial charge in [0, 0.05) is 32.0 Å². The zero-order chi connectivity index (χ0) is 14.7. The molecular weight excluding hydrogens is 342 g/mol. The van der Waals surface area contributed by atoms with Gasteiger partial charge in [-0.3, -0.25) is 14.9 Å². The number of carbonyl (C=O) groups excluding carboxylic acids is 1. The third-order valence-corrected chi connectivity index (χ3v) is 4.14. The molecule has 0 aliphatic carbocycles. The van der Waals surface area contributed by atoms with Crippen LogP contribution in [0.25, 0.3) is 0 Å². The lowest BCUT2D eigenvalue weighted by Crippen LogP contribution is -1.97. The highest BCUT2D eigenvalue weighted by molar-refractivity contribution is 9.10. The zero-order valence-corrected chi connectivity index (χ0v) is 12.9. The highest BCUT2D eigenvalue weighted by Gasteiger charge is 2.14. The van der Waals surface area contributed by atoms with Crippen LogP contribution in [-0.4, -0.2) is 10.7 Å². The molecule has 2 aromatic carbocycles. The van der Waals surface area contributed by atoms with Crippen LogP contribution in [0.4, 0.5) is 5.69 Å². The van der Waals surface area contributed by atoms with Crippen molar-refractivity contribution < 1.29 is 9.72 Å². The van der Waals surface area contributed by atoms with E-state index in [2.05, 4.69) is 15.9 Å². The molecule has 0 N–H and O–H groups in total. The van der Waals surface area contributed by atoms with Gasteiger partial charge in [0.25, 0.3) is 5.69 Å². The molecule has 0 aliphatic heterocycles. The summed E-state index contributed by atoms with van der Waals surface area (Å²) in [6.07, 6.45) is 0. The second-order valence-corrected chi connectivity index (χ2v) is 6.08. The maximum atomic E-state index is 11.7. The van der Waals surface area contributed by atoms with E-state index in [0.29, 0.717) is 10.5 Å². The minimum atomic E-state index is -0.500. The van der Waals surface area contributed by atoms with Gasteiger partial charge in [-0.05, 0) is 31.2 Å². The lowest BCUT2D eigenvalue weighted by Gasteiger charge is -2.07. The van der Waals surface area contributed by atoms with E-state index in [-0.39, 0.29) is 11.5 Å². The van der Waals surface area contributed by atoms with Crippen molar-refractivity contribution in [2.24, 2.45) is 0 Å². The van der Waals surface area contributed by atoms with E-state index in [9.17, 15) is 14.9 Å². The van der Waals surface area contributed by atoms with E-state index in [1.807, 2.05) is 24.3 Å². The van der Waals surface area contributed by atoms with Crippen LogP contribution in [0, 0.1) is 10.1 Å². The standard InChI is InChI=1S/C14H10BrNO3S/c1-9(17)13-8-11(16(18)19)5-6-14(13)20-12-4-2-3-10(15)7-12/h2-8H,1H3. The Labute approximate surface area is 128 Å². The monoisotopic (exact) mass is 351 g/mol. The van der Waals surface area contributed by atoms with Crippen molar-refractivity contribution in [3.63, 3.8) is 0 Å². The largest absolute Gasteiger partial charge is 0.294 e. The molecule has 102 valence electrons. The summed E-state index contributed by atoms with van der Waals surface area (Å²) in [5.74, 6) is -0.189. The Morgan fingerprint density at radius 1 is 1.25 bits per heavy atom. The highest BCUT2D eigenvalue weighted by atomic mass is 79.9. The molecule has 0 fully saturated rings. The van der Waals surface area contributed by atoms with E-state index in [1.165, 1.54) is 30.8 Å². The minimum absolute atomic E-state index is 0.0752. The molecule has 4 nitrogen and oxygen atoms in total. The van der Waals surface area contributed by atoms with Crippen LogP contribution in [0.1, 0.15) is 17.3 Å². The van der Waals surface area contributed by atoms with Crippen LogP contribution in [0.5, 0.6) is 0 Å². The number of non-ortho nitro benzene ring substituents is 1. The van der Waals surface area contributed by atoms with E-state index in [1.54, 1.807) is 6.07 Å². The molecule has 0 atom stereocenters. The van der Waals surface area contributed by atoms with Gasteiger partial charge in [-0.15, -0.1) is 0 Å². The number of ketones is 1. The number of nitrogens with zero attached hydrogens (tertiary/aromatic N) is 1. The fraction of sp³-hybridized carbons (Fsp3) is 0.0714. The summed E-state index contributed by atoms with van der Waals surface area (Å²) in [4.78, 5) is 23.6. The van der Waals surface area contributed by atoms with Crippen molar-refractivity contribution in [3.8, 4) is 0 Å². The molecule has 0 bridgehead atoms. The number of nitro benzene ring substituents is 1. The second-order valence-electron chi connectivity index (χ2n) is 4.05. The number of hydrogen-bond donors (Lipinski definition) is 0. The molecule has 0 unspecified atom stereocenters. The molecule has 0 aliphatic rings. The van der Waals surface area contributed by atoms with E-state index >= 15 is 0 Å². The smallest absolute Gasteiger partial charge is 0.270 e. The Morgan fingerprint density at radius 2 is 2.00 bits per heavy atom. The van der Waals surface area contributed by atoms with Crippen LogP contribution >= 0.6 is 27.7 Å². The first kappa shape index (κ1) is 14.7. The van der Waals surface area contributed by atoms with E-state index in [4.69, 9.17) is 0 Å². The molecule has 0 spiro atoms. The highest BCUT2D eigenvalue weighted by Crippen LogP contribution is 2.33. The second kappa shape index (κ2) is 6.19. The Hall–Kier alpha value is -1.66. The van der Waals surface area contributed by atoms with Crippen molar-refractivity contribution >= 4 is 39.2 Å². The molecule has 20 heavy (non-hydrogen) atoms. The van der Waals surface area contributed by atoms with Gasteiger partial charge in [0.15, 0.2) is 5.78 Å². The molecule has 0 amide bonds. The molecule has 0 heterocycles. The van der Waals surface area contributed by atoms with Crippen molar-refractivity contribution in [2.75, 3.05) is 0 Å². The molecule has 0 saturated carbocycles. The van der Waals surface area contributed by atoms with Crippen LogP contribution in [0.3, 0.4) is 0 Å². The van der Waals surface area contributed by atoms with Gasteiger partial charge in [-0.1, -0.05) is 33.8 Å². The van der Waals surface area contributed by atoms with E-state index < -0.39 is 4.92 Å². The molecule has 6 heteroatoms. The molecule has 0 radical (unpaired) electrons. The number of carbonyl (C=O) groups is 1. The zero-order valence-electron chi connectivity index (χ0n) is 10.5. The average Bonchev–Trinajstić information content (AvgIpc) is 2.38. The van der Waals surface area contributed by atoms with Gasteiger partial charge in [0.1, 0.15) is 0 Å². The van der Waals surface area contributed by atoms with Gasteiger partial charge in [0.05, 0.1) is 4.92 Å². The molecule has 0 saturated heterocycles. The quantitative estimate of drug-likeness (QED) is 0.454. The van der Waals surface area contributed by atoms with Crippen molar-refractivity contribution in [2.45, 2.75) is 16.7 Å². The molecule has 2 rings (SSSR count).